The fraction of sp³-hybridized carbons (Fsp3) is 1.00. The summed E-state index contributed by atoms with van der Waals surface area (Å²) >= 11 is 0. The second-order valence-corrected chi connectivity index (χ2v) is 3.84. The van der Waals surface area contributed by atoms with Gasteiger partial charge in [-0.05, 0) is 25.3 Å². The zero-order valence-corrected chi connectivity index (χ0v) is 9.60. The molecule has 0 rings (SSSR count). The summed E-state index contributed by atoms with van der Waals surface area (Å²) in [6.45, 7) is 8.62. The maximum absolute atomic E-state index is 5.13. The predicted octanol–water partition coefficient (Wildman–Crippen LogP) is 2.44. The molecule has 2 nitrogen and oxygen atoms in total. The Hall–Kier alpha value is -0.0800. The Bertz CT molecular complexity index is 100. The Labute approximate surface area is 83.1 Å². The van der Waals surface area contributed by atoms with E-state index in [0.717, 1.165) is 13.2 Å². The van der Waals surface area contributed by atoms with Crippen LogP contribution in [0.4, 0.5) is 0 Å². The number of hydrogen-bond donors (Lipinski definition) is 1. The lowest BCUT2D eigenvalue weighted by atomic mass is 9.99. The molecule has 80 valence electrons. The highest BCUT2D eigenvalue weighted by Crippen LogP contribution is 2.10. The van der Waals surface area contributed by atoms with Gasteiger partial charge in [-0.1, -0.05) is 27.2 Å². The van der Waals surface area contributed by atoms with Crippen LogP contribution < -0.4 is 5.32 Å². The fourth-order valence-electron chi connectivity index (χ4n) is 1.78. The molecule has 0 saturated carbocycles. The third kappa shape index (κ3) is 7.03. The molecule has 0 saturated heterocycles. The number of nitrogens with one attached hydrogen (secondary N) is 1. The maximum atomic E-state index is 5.13. The van der Waals surface area contributed by atoms with Gasteiger partial charge in [-0.15, -0.1) is 0 Å². The van der Waals surface area contributed by atoms with Crippen molar-refractivity contribution in [2.45, 2.75) is 46.1 Å². The van der Waals surface area contributed by atoms with Gasteiger partial charge in [0.1, 0.15) is 0 Å². The lowest BCUT2D eigenvalue weighted by Gasteiger charge is -2.20. The van der Waals surface area contributed by atoms with Crippen LogP contribution in [-0.4, -0.2) is 26.3 Å². The van der Waals surface area contributed by atoms with E-state index in [1.165, 1.54) is 19.3 Å². The van der Waals surface area contributed by atoms with E-state index >= 15 is 0 Å². The van der Waals surface area contributed by atoms with Crippen LogP contribution >= 0.6 is 0 Å². The summed E-state index contributed by atoms with van der Waals surface area (Å²) in [6, 6.07) is 0.681. The molecule has 0 bridgehead atoms. The normalized spacial score (nSPS) is 15.7. The van der Waals surface area contributed by atoms with E-state index in [1.54, 1.807) is 7.11 Å². The third-order valence-corrected chi connectivity index (χ3v) is 2.27. The summed E-state index contributed by atoms with van der Waals surface area (Å²) < 4.78 is 5.13. The van der Waals surface area contributed by atoms with Gasteiger partial charge in [-0.3, -0.25) is 0 Å². The molecule has 0 aromatic heterocycles. The van der Waals surface area contributed by atoms with Crippen molar-refractivity contribution in [3.63, 3.8) is 0 Å². The lowest BCUT2D eigenvalue weighted by molar-refractivity contribution is 0.148. The summed E-state index contributed by atoms with van der Waals surface area (Å²) in [6.07, 6.45) is 3.77. The quantitative estimate of drug-likeness (QED) is 0.630. The van der Waals surface area contributed by atoms with Gasteiger partial charge in [0.2, 0.25) is 0 Å². The maximum Gasteiger partial charge on any atom is 0.0488 e. The van der Waals surface area contributed by atoms with E-state index in [2.05, 4.69) is 26.1 Å². The molecule has 2 atom stereocenters. The first-order valence-corrected chi connectivity index (χ1v) is 5.46. The molecule has 0 heterocycles. The van der Waals surface area contributed by atoms with Crippen molar-refractivity contribution in [1.82, 2.24) is 5.32 Å². The SMILES string of the molecule is CCCC(CC(C)COC)NCC. The molecule has 0 aliphatic heterocycles. The average molecular weight is 187 g/mol. The summed E-state index contributed by atoms with van der Waals surface area (Å²) in [4.78, 5) is 0. The van der Waals surface area contributed by atoms with E-state index in [-0.39, 0.29) is 0 Å². The smallest absolute Gasteiger partial charge is 0.0488 e. The predicted molar refractivity (Wildman–Crippen MR) is 58.0 cm³/mol. The van der Waals surface area contributed by atoms with Crippen LogP contribution in [0.2, 0.25) is 0 Å². The largest absolute Gasteiger partial charge is 0.384 e. The second-order valence-electron chi connectivity index (χ2n) is 3.84. The van der Waals surface area contributed by atoms with Gasteiger partial charge in [0.25, 0.3) is 0 Å². The number of hydrogen-bond acceptors (Lipinski definition) is 2. The van der Waals surface area contributed by atoms with Crippen LogP contribution in [0.3, 0.4) is 0 Å². The average Bonchev–Trinajstić information content (AvgIpc) is 2.05. The highest BCUT2D eigenvalue weighted by molar-refractivity contribution is 4.68. The minimum atomic E-state index is 0.667. The third-order valence-electron chi connectivity index (χ3n) is 2.27. The summed E-state index contributed by atoms with van der Waals surface area (Å²) in [7, 11) is 1.78. The first-order valence-electron chi connectivity index (χ1n) is 5.46. The number of rotatable bonds is 8. The zero-order chi connectivity index (χ0) is 10.1. The first kappa shape index (κ1) is 12.9. The highest BCUT2D eigenvalue weighted by Gasteiger charge is 2.10. The van der Waals surface area contributed by atoms with E-state index in [4.69, 9.17) is 4.74 Å². The van der Waals surface area contributed by atoms with E-state index in [0.29, 0.717) is 12.0 Å². The van der Waals surface area contributed by atoms with Crippen molar-refractivity contribution in [3.05, 3.63) is 0 Å². The standard InChI is InChI=1S/C11H25NO/c1-5-7-11(12-6-2)8-10(3)9-13-4/h10-12H,5-9H2,1-4H3. The van der Waals surface area contributed by atoms with Crippen LogP contribution in [0, 0.1) is 5.92 Å². The fourth-order valence-corrected chi connectivity index (χ4v) is 1.78. The molecule has 0 fully saturated rings. The number of ether oxygens (including phenoxy) is 1. The van der Waals surface area contributed by atoms with Gasteiger partial charge in [0.15, 0.2) is 0 Å². The Morgan fingerprint density at radius 3 is 2.46 bits per heavy atom. The Kier molecular flexibility index (Phi) is 8.46. The van der Waals surface area contributed by atoms with Gasteiger partial charge in [0, 0.05) is 19.8 Å². The van der Waals surface area contributed by atoms with Crippen LogP contribution in [0.5, 0.6) is 0 Å². The minimum Gasteiger partial charge on any atom is -0.384 e. The molecule has 0 radical (unpaired) electrons. The first-order chi connectivity index (χ1) is 6.24. The van der Waals surface area contributed by atoms with Crippen molar-refractivity contribution in [2.24, 2.45) is 5.92 Å². The molecular weight excluding hydrogens is 162 g/mol. The highest BCUT2D eigenvalue weighted by atomic mass is 16.5. The van der Waals surface area contributed by atoms with Gasteiger partial charge < -0.3 is 10.1 Å². The van der Waals surface area contributed by atoms with Gasteiger partial charge in [0.05, 0.1) is 0 Å². The van der Waals surface area contributed by atoms with Crippen molar-refractivity contribution in [3.8, 4) is 0 Å². The molecule has 0 aliphatic carbocycles. The number of methoxy groups -OCH3 is 1. The molecular formula is C11H25NO. The molecule has 1 N–H and O–H groups in total. The summed E-state index contributed by atoms with van der Waals surface area (Å²) in [5.41, 5.74) is 0. The van der Waals surface area contributed by atoms with E-state index < -0.39 is 0 Å². The lowest BCUT2D eigenvalue weighted by Crippen LogP contribution is -2.31. The molecule has 0 aromatic carbocycles. The molecule has 2 unspecified atom stereocenters. The summed E-state index contributed by atoms with van der Waals surface area (Å²) in [5.74, 6) is 0.667. The van der Waals surface area contributed by atoms with Gasteiger partial charge in [-0.25, -0.2) is 0 Å². The Morgan fingerprint density at radius 1 is 1.31 bits per heavy atom. The molecule has 13 heavy (non-hydrogen) atoms. The molecule has 2 heteroatoms. The molecule has 0 aromatic rings. The Morgan fingerprint density at radius 2 is 2.00 bits per heavy atom. The van der Waals surface area contributed by atoms with Crippen LogP contribution in [0.15, 0.2) is 0 Å². The summed E-state index contributed by atoms with van der Waals surface area (Å²) in [5, 5.41) is 3.52. The van der Waals surface area contributed by atoms with E-state index in [1.807, 2.05) is 0 Å². The molecule has 0 spiro atoms. The Balaban J connectivity index is 3.64. The van der Waals surface area contributed by atoms with Crippen LogP contribution in [-0.2, 0) is 4.74 Å². The van der Waals surface area contributed by atoms with Crippen LogP contribution in [0.1, 0.15) is 40.0 Å². The van der Waals surface area contributed by atoms with Crippen molar-refractivity contribution in [1.29, 1.82) is 0 Å². The molecule has 0 aliphatic rings. The minimum absolute atomic E-state index is 0.667. The zero-order valence-electron chi connectivity index (χ0n) is 9.60. The van der Waals surface area contributed by atoms with Gasteiger partial charge >= 0.3 is 0 Å². The van der Waals surface area contributed by atoms with Crippen LogP contribution in [0.25, 0.3) is 0 Å². The topological polar surface area (TPSA) is 21.3 Å². The van der Waals surface area contributed by atoms with E-state index in [9.17, 15) is 0 Å². The second kappa shape index (κ2) is 8.52. The monoisotopic (exact) mass is 187 g/mol. The van der Waals surface area contributed by atoms with Gasteiger partial charge in [-0.2, -0.15) is 0 Å². The molecule has 0 amide bonds. The van der Waals surface area contributed by atoms with Crippen molar-refractivity contribution in [2.75, 3.05) is 20.3 Å². The van der Waals surface area contributed by atoms with Crippen molar-refractivity contribution < 1.29 is 4.74 Å². The van der Waals surface area contributed by atoms with Crippen molar-refractivity contribution >= 4 is 0 Å².